The first kappa shape index (κ1) is 15.3. The molecule has 0 aliphatic rings. The van der Waals surface area contributed by atoms with Crippen molar-refractivity contribution < 1.29 is 9.59 Å². The Morgan fingerprint density at radius 2 is 1.95 bits per heavy atom. The van der Waals surface area contributed by atoms with Crippen LogP contribution in [-0.4, -0.2) is 23.3 Å². The lowest BCUT2D eigenvalue weighted by atomic mass is 10.2. The lowest BCUT2D eigenvalue weighted by Crippen LogP contribution is -2.23. The number of rotatable bonds is 3. The molecule has 2 amide bonds. The number of nitrogens with one attached hydrogen (secondary N) is 2. The second-order valence-electron chi connectivity index (χ2n) is 4.48. The summed E-state index contributed by atoms with van der Waals surface area (Å²) in [6.07, 6.45) is 3.12. The summed E-state index contributed by atoms with van der Waals surface area (Å²) >= 11 is 0. The highest BCUT2D eigenvalue weighted by molar-refractivity contribution is 5.93. The van der Waals surface area contributed by atoms with Crippen molar-refractivity contribution in [3.63, 3.8) is 0 Å². The molecule has 0 fully saturated rings. The molecule has 22 heavy (non-hydrogen) atoms. The van der Waals surface area contributed by atoms with Crippen molar-refractivity contribution >= 4 is 17.5 Å². The maximum absolute atomic E-state index is 11.7. The molecule has 0 unspecified atom stereocenters. The van der Waals surface area contributed by atoms with Gasteiger partial charge in [0.2, 0.25) is 5.91 Å². The second kappa shape index (κ2) is 7.60. The van der Waals surface area contributed by atoms with Crippen LogP contribution < -0.4 is 10.6 Å². The Morgan fingerprint density at radius 3 is 2.59 bits per heavy atom. The maximum atomic E-state index is 11.7. The van der Waals surface area contributed by atoms with E-state index in [4.69, 9.17) is 0 Å². The topological polar surface area (TPSA) is 71.1 Å². The highest BCUT2D eigenvalue weighted by Gasteiger charge is 2.02. The Kier molecular flexibility index (Phi) is 5.27. The monoisotopic (exact) mass is 293 g/mol. The van der Waals surface area contributed by atoms with E-state index < -0.39 is 0 Å². The summed E-state index contributed by atoms with van der Waals surface area (Å²) in [6, 6.07) is 10.6. The van der Waals surface area contributed by atoms with Crippen molar-refractivity contribution in [2.45, 2.75) is 6.92 Å². The number of aromatic nitrogens is 1. The van der Waals surface area contributed by atoms with Crippen molar-refractivity contribution in [3.05, 3.63) is 59.9 Å². The predicted molar refractivity (Wildman–Crippen MR) is 84.2 cm³/mol. The molecule has 1 aromatic carbocycles. The van der Waals surface area contributed by atoms with Gasteiger partial charge in [0, 0.05) is 30.6 Å². The van der Waals surface area contributed by atoms with E-state index in [2.05, 4.69) is 27.5 Å². The normalized spacial score (nSPS) is 9.32. The van der Waals surface area contributed by atoms with Gasteiger partial charge in [-0.2, -0.15) is 0 Å². The zero-order chi connectivity index (χ0) is 15.8. The second-order valence-corrected chi connectivity index (χ2v) is 4.48. The third-order valence-electron chi connectivity index (χ3n) is 2.70. The van der Waals surface area contributed by atoms with E-state index in [0.29, 0.717) is 5.56 Å². The number of amides is 2. The molecule has 2 aromatic rings. The van der Waals surface area contributed by atoms with Crippen LogP contribution in [-0.2, 0) is 4.79 Å². The van der Waals surface area contributed by atoms with Gasteiger partial charge in [-0.3, -0.25) is 14.6 Å². The molecule has 2 rings (SSSR count). The number of carbonyl (C=O) groups is 2. The van der Waals surface area contributed by atoms with Gasteiger partial charge < -0.3 is 10.6 Å². The third-order valence-corrected chi connectivity index (χ3v) is 2.70. The van der Waals surface area contributed by atoms with Crippen LogP contribution in [0.2, 0.25) is 0 Å². The van der Waals surface area contributed by atoms with Crippen molar-refractivity contribution in [2.75, 3.05) is 11.9 Å². The number of anilines is 1. The molecule has 2 N–H and O–H groups in total. The van der Waals surface area contributed by atoms with Crippen LogP contribution in [0.4, 0.5) is 5.69 Å². The van der Waals surface area contributed by atoms with E-state index in [0.717, 1.165) is 11.3 Å². The first-order chi connectivity index (χ1) is 10.6. The predicted octanol–water partition coefficient (Wildman–Crippen LogP) is 1.82. The van der Waals surface area contributed by atoms with Gasteiger partial charge >= 0.3 is 0 Å². The van der Waals surface area contributed by atoms with Crippen LogP contribution >= 0.6 is 0 Å². The molecular formula is C17H15N3O2. The van der Waals surface area contributed by atoms with Gasteiger partial charge in [0.15, 0.2) is 0 Å². The average molecular weight is 293 g/mol. The molecule has 5 heteroatoms. The lowest BCUT2D eigenvalue weighted by Gasteiger charge is -2.01. The summed E-state index contributed by atoms with van der Waals surface area (Å²) in [6.45, 7) is 1.71. The van der Waals surface area contributed by atoms with E-state index in [1.807, 2.05) is 0 Å². The Bertz CT molecular complexity index is 713. The Balaban J connectivity index is 1.86. The van der Waals surface area contributed by atoms with Crippen LogP contribution in [0.1, 0.15) is 22.8 Å². The number of carbonyl (C=O) groups excluding carboxylic acids is 2. The highest BCUT2D eigenvalue weighted by atomic mass is 16.2. The van der Waals surface area contributed by atoms with E-state index in [1.54, 1.807) is 42.6 Å². The standard InChI is InChI=1S/C17H15N3O2/c1-13(21)20-16-8-6-14(7-9-16)4-2-11-19-17(22)15-5-3-10-18-12-15/h3,5-10,12H,11H2,1H3,(H,19,22)(H,20,21). The van der Waals surface area contributed by atoms with Crippen molar-refractivity contribution in [1.29, 1.82) is 0 Å². The van der Waals surface area contributed by atoms with E-state index in [-0.39, 0.29) is 18.4 Å². The molecule has 0 radical (unpaired) electrons. The molecule has 0 atom stereocenters. The zero-order valence-electron chi connectivity index (χ0n) is 12.1. The largest absolute Gasteiger partial charge is 0.341 e. The summed E-state index contributed by atoms with van der Waals surface area (Å²) < 4.78 is 0. The molecule has 0 aliphatic heterocycles. The summed E-state index contributed by atoms with van der Waals surface area (Å²) in [5.41, 5.74) is 2.04. The smallest absolute Gasteiger partial charge is 0.253 e. The summed E-state index contributed by atoms with van der Waals surface area (Å²) in [4.78, 5) is 26.5. The van der Waals surface area contributed by atoms with E-state index >= 15 is 0 Å². The van der Waals surface area contributed by atoms with Crippen molar-refractivity contribution in [3.8, 4) is 11.8 Å². The van der Waals surface area contributed by atoms with Crippen LogP contribution in [0.15, 0.2) is 48.8 Å². The molecule has 1 heterocycles. The fourth-order valence-corrected chi connectivity index (χ4v) is 1.71. The quantitative estimate of drug-likeness (QED) is 0.848. The third kappa shape index (κ3) is 4.76. The van der Waals surface area contributed by atoms with Gasteiger partial charge in [0.25, 0.3) is 5.91 Å². The van der Waals surface area contributed by atoms with Crippen LogP contribution in [0.3, 0.4) is 0 Å². The van der Waals surface area contributed by atoms with Crippen molar-refractivity contribution in [1.82, 2.24) is 10.3 Å². The molecular weight excluding hydrogens is 278 g/mol. The summed E-state index contributed by atoms with van der Waals surface area (Å²) in [7, 11) is 0. The van der Waals surface area contributed by atoms with E-state index in [9.17, 15) is 9.59 Å². The molecule has 1 aromatic heterocycles. The number of pyridine rings is 1. The number of nitrogens with zero attached hydrogens (tertiary/aromatic N) is 1. The Morgan fingerprint density at radius 1 is 1.18 bits per heavy atom. The number of benzene rings is 1. The highest BCUT2D eigenvalue weighted by Crippen LogP contribution is 2.08. The van der Waals surface area contributed by atoms with Crippen molar-refractivity contribution in [2.24, 2.45) is 0 Å². The molecule has 5 nitrogen and oxygen atoms in total. The van der Waals surface area contributed by atoms with Gasteiger partial charge in [0.1, 0.15) is 0 Å². The fraction of sp³-hybridized carbons (Fsp3) is 0.118. The lowest BCUT2D eigenvalue weighted by molar-refractivity contribution is -0.114. The molecule has 0 aliphatic carbocycles. The van der Waals surface area contributed by atoms with E-state index in [1.165, 1.54) is 13.1 Å². The maximum Gasteiger partial charge on any atom is 0.253 e. The molecule has 0 spiro atoms. The first-order valence-electron chi connectivity index (χ1n) is 6.70. The van der Waals surface area contributed by atoms with Gasteiger partial charge in [-0.1, -0.05) is 11.8 Å². The molecule has 0 saturated heterocycles. The molecule has 0 bridgehead atoms. The Hall–Kier alpha value is -3.13. The summed E-state index contributed by atoms with van der Waals surface area (Å²) in [5.74, 6) is 5.49. The average Bonchev–Trinajstić information content (AvgIpc) is 2.53. The van der Waals surface area contributed by atoms with Gasteiger partial charge in [-0.15, -0.1) is 0 Å². The minimum absolute atomic E-state index is 0.114. The molecule has 0 saturated carbocycles. The number of hydrogen-bond donors (Lipinski definition) is 2. The molecule has 110 valence electrons. The summed E-state index contributed by atoms with van der Waals surface area (Å²) in [5, 5.41) is 5.38. The van der Waals surface area contributed by atoms with Gasteiger partial charge in [-0.25, -0.2) is 0 Å². The fourth-order valence-electron chi connectivity index (χ4n) is 1.71. The minimum atomic E-state index is -0.205. The first-order valence-corrected chi connectivity index (χ1v) is 6.70. The SMILES string of the molecule is CC(=O)Nc1ccc(C#CCNC(=O)c2cccnc2)cc1. The van der Waals surface area contributed by atoms with Crippen LogP contribution in [0, 0.1) is 11.8 Å². The van der Waals surface area contributed by atoms with Gasteiger partial charge in [-0.05, 0) is 36.4 Å². The van der Waals surface area contributed by atoms with Gasteiger partial charge in [0.05, 0.1) is 12.1 Å². The minimum Gasteiger partial charge on any atom is -0.341 e. The Labute approximate surface area is 128 Å². The zero-order valence-corrected chi connectivity index (χ0v) is 12.1. The van der Waals surface area contributed by atoms with Crippen LogP contribution in [0.25, 0.3) is 0 Å². The number of hydrogen-bond acceptors (Lipinski definition) is 3. The van der Waals surface area contributed by atoms with Crippen LogP contribution in [0.5, 0.6) is 0 Å².